The lowest BCUT2D eigenvalue weighted by Gasteiger charge is -2.42. The van der Waals surface area contributed by atoms with E-state index in [1.165, 1.54) is 4.57 Å². The van der Waals surface area contributed by atoms with Gasteiger partial charge in [-0.15, -0.1) is 0 Å². The Morgan fingerprint density at radius 1 is 1.32 bits per heavy atom. The van der Waals surface area contributed by atoms with Gasteiger partial charge in [-0.25, -0.2) is 18.0 Å². The van der Waals surface area contributed by atoms with E-state index in [4.69, 9.17) is 4.74 Å². The molecule has 166 valence electrons. The molecule has 2 aliphatic heterocycles. The maximum absolute atomic E-state index is 15.8. The van der Waals surface area contributed by atoms with E-state index >= 15 is 8.78 Å². The molecule has 0 amide bonds. The van der Waals surface area contributed by atoms with Crippen molar-refractivity contribution in [3.8, 4) is 0 Å². The van der Waals surface area contributed by atoms with Crippen LogP contribution in [0.3, 0.4) is 0 Å². The van der Waals surface area contributed by atoms with Gasteiger partial charge in [0.05, 0.1) is 22.5 Å². The Bertz CT molecular complexity index is 1160. The van der Waals surface area contributed by atoms with Gasteiger partial charge < -0.3 is 14.2 Å². The normalized spacial score (nSPS) is 21.8. The van der Waals surface area contributed by atoms with E-state index in [0.717, 1.165) is 30.7 Å². The van der Waals surface area contributed by atoms with Crippen molar-refractivity contribution in [1.82, 2.24) is 9.47 Å². The summed E-state index contributed by atoms with van der Waals surface area (Å²) in [6.07, 6.45) is 1.93. The minimum Gasteiger partial charge on any atom is -0.462 e. The molecule has 10 heteroatoms. The summed E-state index contributed by atoms with van der Waals surface area (Å²) < 4.78 is 50.9. The van der Waals surface area contributed by atoms with Crippen molar-refractivity contribution in [2.75, 3.05) is 44.9 Å². The minimum atomic E-state index is -0.886. The summed E-state index contributed by atoms with van der Waals surface area (Å²) >= 11 is 0.980. The van der Waals surface area contributed by atoms with Crippen LogP contribution in [-0.2, 0) is 4.74 Å². The zero-order valence-electron chi connectivity index (χ0n) is 17.2. The number of halogens is 3. The first-order chi connectivity index (χ1) is 14.8. The van der Waals surface area contributed by atoms with Gasteiger partial charge in [0.2, 0.25) is 5.43 Å². The zero-order chi connectivity index (χ0) is 22.1. The largest absolute Gasteiger partial charge is 0.462 e. The molecule has 3 aliphatic rings. The molecular formula is C21H22F3N3O3S. The van der Waals surface area contributed by atoms with Crippen LogP contribution in [0, 0.1) is 11.6 Å². The number of ether oxygens (including phenoxy) is 1. The maximum atomic E-state index is 15.8. The number of anilines is 1. The maximum Gasteiger partial charge on any atom is 0.344 e. The van der Waals surface area contributed by atoms with Crippen LogP contribution in [0.25, 0.3) is 10.9 Å². The van der Waals surface area contributed by atoms with Gasteiger partial charge in [-0.3, -0.25) is 9.69 Å². The standard InChI is InChI=1S/C21H22F3N3O3S/c1-3-30-20(29)14-18(28)11-8-12(23)17(26-7-6-25(2)21(10-26)4-5-21)15(24)16(11)27-13(9-22)31-19(14)27/h8,13H,3-7,9-10H2,1-2H3. The molecule has 1 saturated carbocycles. The Kier molecular flexibility index (Phi) is 4.78. The van der Waals surface area contributed by atoms with Crippen LogP contribution in [0.1, 0.15) is 35.5 Å². The molecule has 2 fully saturated rings. The van der Waals surface area contributed by atoms with Gasteiger partial charge in [-0.2, -0.15) is 0 Å². The highest BCUT2D eigenvalue weighted by molar-refractivity contribution is 8.00. The summed E-state index contributed by atoms with van der Waals surface area (Å²) in [4.78, 5) is 29.3. The Morgan fingerprint density at radius 3 is 2.71 bits per heavy atom. The van der Waals surface area contributed by atoms with E-state index in [2.05, 4.69) is 4.90 Å². The number of piperazine rings is 1. The van der Waals surface area contributed by atoms with E-state index in [1.807, 2.05) is 7.05 Å². The van der Waals surface area contributed by atoms with Crippen molar-refractivity contribution < 1.29 is 22.7 Å². The first-order valence-corrected chi connectivity index (χ1v) is 11.2. The van der Waals surface area contributed by atoms with E-state index in [-0.39, 0.29) is 39.3 Å². The molecule has 1 spiro atoms. The summed E-state index contributed by atoms with van der Waals surface area (Å²) in [6, 6.07) is 0.974. The quantitative estimate of drug-likeness (QED) is 0.663. The lowest BCUT2D eigenvalue weighted by atomic mass is 10.1. The number of fused-ring (bicyclic) bond motifs is 3. The summed E-state index contributed by atoms with van der Waals surface area (Å²) in [5, 5.41) is -0.909. The van der Waals surface area contributed by atoms with Crippen LogP contribution in [0.2, 0.25) is 0 Å². The number of pyridine rings is 1. The van der Waals surface area contributed by atoms with Crippen molar-refractivity contribution in [3.05, 3.63) is 33.5 Å². The highest BCUT2D eigenvalue weighted by Gasteiger charge is 2.50. The van der Waals surface area contributed by atoms with Crippen LogP contribution in [-0.4, -0.2) is 60.9 Å². The number of thioether (sulfide) groups is 1. The molecule has 0 radical (unpaired) electrons. The molecule has 1 aromatic carbocycles. The molecule has 6 nitrogen and oxygen atoms in total. The lowest BCUT2D eigenvalue weighted by molar-refractivity contribution is 0.0518. The minimum absolute atomic E-state index is 0.0414. The highest BCUT2D eigenvalue weighted by Crippen LogP contribution is 2.49. The summed E-state index contributed by atoms with van der Waals surface area (Å²) in [6.45, 7) is 2.41. The molecule has 1 atom stereocenters. The number of carbonyl (C=O) groups is 1. The van der Waals surface area contributed by atoms with Crippen LogP contribution >= 0.6 is 11.8 Å². The average molecular weight is 453 g/mol. The van der Waals surface area contributed by atoms with Gasteiger partial charge in [-0.1, -0.05) is 11.8 Å². The van der Waals surface area contributed by atoms with Gasteiger partial charge in [0.15, 0.2) is 5.82 Å². The van der Waals surface area contributed by atoms with Gasteiger partial charge in [-0.05, 0) is 32.9 Å². The van der Waals surface area contributed by atoms with Crippen molar-refractivity contribution >= 4 is 34.3 Å². The molecular weight excluding hydrogens is 431 g/mol. The van der Waals surface area contributed by atoms with Gasteiger partial charge in [0, 0.05) is 25.2 Å². The monoisotopic (exact) mass is 453 g/mol. The number of rotatable bonds is 4. The third kappa shape index (κ3) is 2.91. The van der Waals surface area contributed by atoms with Crippen LogP contribution in [0.5, 0.6) is 0 Å². The topological polar surface area (TPSA) is 54.8 Å². The molecule has 1 saturated heterocycles. The molecule has 0 bridgehead atoms. The summed E-state index contributed by atoms with van der Waals surface area (Å²) in [5.74, 6) is -2.62. The Hall–Kier alpha value is -2.20. The Labute approximate surface area is 180 Å². The molecule has 31 heavy (non-hydrogen) atoms. The van der Waals surface area contributed by atoms with Crippen LogP contribution in [0.15, 0.2) is 15.9 Å². The van der Waals surface area contributed by atoms with Gasteiger partial charge in [0.25, 0.3) is 0 Å². The molecule has 1 aromatic heterocycles. The number of alkyl halides is 1. The van der Waals surface area contributed by atoms with E-state index in [0.29, 0.717) is 19.6 Å². The lowest BCUT2D eigenvalue weighted by Crippen LogP contribution is -2.53. The second-order valence-corrected chi connectivity index (χ2v) is 9.48. The van der Waals surface area contributed by atoms with Crippen molar-refractivity contribution in [1.29, 1.82) is 0 Å². The second kappa shape index (κ2) is 7.16. The summed E-state index contributed by atoms with van der Waals surface area (Å²) in [5.41, 5.74) is -1.52. The number of likely N-dealkylation sites (N-methyl/N-ethyl adjacent to an activating group) is 1. The third-order valence-corrected chi connectivity index (χ3v) is 7.84. The number of carbonyl (C=O) groups excluding carboxylic acids is 1. The van der Waals surface area contributed by atoms with Crippen LogP contribution < -0.4 is 10.3 Å². The SMILES string of the molecule is CCOC(=O)c1c2n(c3c(F)c(N4CCN(C)C5(CC5)C4)c(F)cc3c1=O)C(CF)S2. The Morgan fingerprint density at radius 2 is 2.06 bits per heavy atom. The molecule has 1 aliphatic carbocycles. The van der Waals surface area contributed by atoms with Crippen LogP contribution in [0.4, 0.5) is 18.9 Å². The fourth-order valence-electron chi connectivity index (χ4n) is 4.70. The highest BCUT2D eigenvalue weighted by atomic mass is 32.2. The van der Waals surface area contributed by atoms with E-state index < -0.39 is 35.1 Å². The number of hydrogen-bond donors (Lipinski definition) is 0. The first kappa shape index (κ1) is 20.7. The van der Waals surface area contributed by atoms with Crippen molar-refractivity contribution in [2.24, 2.45) is 0 Å². The van der Waals surface area contributed by atoms with Crippen molar-refractivity contribution in [3.63, 3.8) is 0 Å². The second-order valence-electron chi connectivity index (χ2n) is 8.31. The molecule has 0 N–H and O–H groups in total. The number of hydrogen-bond acceptors (Lipinski definition) is 6. The smallest absolute Gasteiger partial charge is 0.344 e. The third-order valence-electron chi connectivity index (χ3n) is 6.60. The zero-order valence-corrected chi connectivity index (χ0v) is 18.0. The predicted octanol–water partition coefficient (Wildman–Crippen LogP) is 3.31. The van der Waals surface area contributed by atoms with E-state index in [1.54, 1.807) is 11.8 Å². The fraction of sp³-hybridized carbons (Fsp3) is 0.524. The van der Waals surface area contributed by atoms with E-state index in [9.17, 15) is 14.0 Å². The number of benzene rings is 1. The molecule has 5 rings (SSSR count). The fourth-order valence-corrected chi connectivity index (χ4v) is 5.80. The number of esters is 1. The first-order valence-electron chi connectivity index (χ1n) is 10.3. The Balaban J connectivity index is 1.72. The number of aromatic nitrogens is 1. The molecule has 2 aromatic rings. The number of nitrogens with zero attached hydrogens (tertiary/aromatic N) is 3. The summed E-state index contributed by atoms with van der Waals surface area (Å²) in [7, 11) is 2.01. The van der Waals surface area contributed by atoms with Crippen molar-refractivity contribution in [2.45, 2.75) is 35.7 Å². The molecule has 3 heterocycles. The van der Waals surface area contributed by atoms with Gasteiger partial charge in [0.1, 0.15) is 29.1 Å². The van der Waals surface area contributed by atoms with Gasteiger partial charge >= 0.3 is 5.97 Å². The average Bonchev–Trinajstić information content (AvgIpc) is 3.48. The molecule has 1 unspecified atom stereocenters. The predicted molar refractivity (Wildman–Crippen MR) is 112 cm³/mol.